The predicted octanol–water partition coefficient (Wildman–Crippen LogP) is 4.40. The lowest BCUT2D eigenvalue weighted by Crippen LogP contribution is -2.24. The van der Waals surface area contributed by atoms with Crippen LogP contribution in [0.5, 0.6) is 11.5 Å². The molecule has 156 valence electrons. The van der Waals surface area contributed by atoms with Crippen molar-refractivity contribution in [1.29, 1.82) is 0 Å². The predicted molar refractivity (Wildman–Crippen MR) is 113 cm³/mol. The summed E-state index contributed by atoms with van der Waals surface area (Å²) in [6.07, 6.45) is 0.309. The molecule has 1 unspecified atom stereocenters. The van der Waals surface area contributed by atoms with Crippen LogP contribution in [0.1, 0.15) is 43.6 Å². The molecule has 1 aromatic heterocycles. The van der Waals surface area contributed by atoms with Crippen LogP contribution in [0.4, 0.5) is 5.69 Å². The third kappa shape index (κ3) is 3.75. The Morgan fingerprint density at radius 2 is 1.87 bits per heavy atom. The molecule has 0 saturated carbocycles. The van der Waals surface area contributed by atoms with Crippen molar-refractivity contribution in [3.8, 4) is 22.9 Å². The van der Waals surface area contributed by atoms with Gasteiger partial charge in [-0.05, 0) is 23.6 Å². The van der Waals surface area contributed by atoms with E-state index in [0.29, 0.717) is 47.8 Å². The summed E-state index contributed by atoms with van der Waals surface area (Å²) < 4.78 is 16.2. The average molecular weight is 407 g/mol. The molecule has 1 atom stereocenters. The summed E-state index contributed by atoms with van der Waals surface area (Å²) in [7, 11) is 3.17. The van der Waals surface area contributed by atoms with Gasteiger partial charge in [-0.3, -0.25) is 4.79 Å². The van der Waals surface area contributed by atoms with E-state index in [9.17, 15) is 4.79 Å². The highest BCUT2D eigenvalue weighted by atomic mass is 16.5. The average Bonchev–Trinajstić information content (AvgIpc) is 3.40. The Morgan fingerprint density at radius 3 is 2.53 bits per heavy atom. The standard InChI is InChI=1S/C23H25N3O4/c1-14(2)15-5-7-16(8-6-15)22-24-23(30-25-22)17-11-21(27)26(13-17)19-10-9-18(28-3)12-20(19)29-4/h5-10,12,14,17H,11,13H2,1-4H3. The number of amides is 1. The lowest BCUT2D eigenvalue weighted by molar-refractivity contribution is -0.117. The zero-order valence-corrected chi connectivity index (χ0v) is 17.6. The zero-order chi connectivity index (χ0) is 21.3. The molecule has 2 heterocycles. The van der Waals surface area contributed by atoms with Gasteiger partial charge in [0.2, 0.25) is 17.6 Å². The van der Waals surface area contributed by atoms with E-state index in [1.54, 1.807) is 25.2 Å². The van der Waals surface area contributed by atoms with Crippen LogP contribution < -0.4 is 14.4 Å². The van der Waals surface area contributed by atoms with Crippen molar-refractivity contribution in [2.75, 3.05) is 25.7 Å². The van der Waals surface area contributed by atoms with E-state index in [1.165, 1.54) is 5.56 Å². The van der Waals surface area contributed by atoms with Crippen LogP contribution in [0.3, 0.4) is 0 Å². The Morgan fingerprint density at radius 1 is 1.10 bits per heavy atom. The van der Waals surface area contributed by atoms with E-state index < -0.39 is 0 Å². The number of carbonyl (C=O) groups is 1. The number of nitrogens with zero attached hydrogens (tertiary/aromatic N) is 3. The van der Waals surface area contributed by atoms with E-state index in [0.717, 1.165) is 5.56 Å². The van der Waals surface area contributed by atoms with Crippen molar-refractivity contribution >= 4 is 11.6 Å². The van der Waals surface area contributed by atoms with Crippen LogP contribution in [0.15, 0.2) is 47.0 Å². The topological polar surface area (TPSA) is 77.7 Å². The van der Waals surface area contributed by atoms with Gasteiger partial charge in [0, 0.05) is 24.6 Å². The maximum Gasteiger partial charge on any atom is 0.232 e. The molecule has 1 saturated heterocycles. The van der Waals surface area contributed by atoms with Crippen molar-refractivity contribution in [3.05, 3.63) is 53.9 Å². The summed E-state index contributed by atoms with van der Waals surface area (Å²) in [5.74, 6) is 2.55. The van der Waals surface area contributed by atoms with Crippen LogP contribution in [-0.2, 0) is 4.79 Å². The normalized spacial score (nSPS) is 16.4. The van der Waals surface area contributed by atoms with E-state index >= 15 is 0 Å². The molecule has 0 bridgehead atoms. The fourth-order valence-corrected chi connectivity index (χ4v) is 3.65. The second-order valence-electron chi connectivity index (χ2n) is 7.68. The molecule has 0 N–H and O–H groups in total. The molecule has 1 fully saturated rings. The fraction of sp³-hybridized carbons (Fsp3) is 0.348. The van der Waals surface area contributed by atoms with Gasteiger partial charge in [0.15, 0.2) is 0 Å². The molecule has 1 aliphatic heterocycles. The molecular weight excluding hydrogens is 382 g/mol. The summed E-state index contributed by atoms with van der Waals surface area (Å²) in [6, 6.07) is 13.6. The van der Waals surface area contributed by atoms with Gasteiger partial charge in [-0.2, -0.15) is 4.98 Å². The van der Waals surface area contributed by atoms with Gasteiger partial charge in [-0.25, -0.2) is 0 Å². The first-order chi connectivity index (χ1) is 14.5. The van der Waals surface area contributed by atoms with Crippen LogP contribution in [0, 0.1) is 0 Å². The van der Waals surface area contributed by atoms with Gasteiger partial charge in [0.05, 0.1) is 25.8 Å². The second kappa shape index (κ2) is 8.18. The number of anilines is 1. The van der Waals surface area contributed by atoms with E-state index in [-0.39, 0.29) is 11.8 Å². The lowest BCUT2D eigenvalue weighted by Gasteiger charge is -2.19. The highest BCUT2D eigenvalue weighted by Gasteiger charge is 2.36. The minimum atomic E-state index is -0.166. The van der Waals surface area contributed by atoms with Crippen LogP contribution in [0.25, 0.3) is 11.4 Å². The van der Waals surface area contributed by atoms with Gasteiger partial charge in [0.25, 0.3) is 0 Å². The van der Waals surface area contributed by atoms with Crippen LogP contribution in [-0.4, -0.2) is 36.8 Å². The number of methoxy groups -OCH3 is 2. The zero-order valence-electron chi connectivity index (χ0n) is 17.6. The smallest absolute Gasteiger partial charge is 0.232 e. The first kappa shape index (κ1) is 19.9. The number of hydrogen-bond donors (Lipinski definition) is 0. The van der Waals surface area contributed by atoms with Crippen molar-refractivity contribution in [3.63, 3.8) is 0 Å². The summed E-state index contributed by atoms with van der Waals surface area (Å²) >= 11 is 0. The van der Waals surface area contributed by atoms with Gasteiger partial charge in [-0.1, -0.05) is 43.3 Å². The van der Waals surface area contributed by atoms with Gasteiger partial charge in [0.1, 0.15) is 11.5 Å². The molecule has 2 aromatic carbocycles. The molecule has 3 aromatic rings. The quantitative estimate of drug-likeness (QED) is 0.603. The summed E-state index contributed by atoms with van der Waals surface area (Å²) in [4.78, 5) is 19.0. The molecule has 7 nitrogen and oxygen atoms in total. The van der Waals surface area contributed by atoms with Crippen LogP contribution >= 0.6 is 0 Å². The minimum Gasteiger partial charge on any atom is -0.497 e. The third-order valence-electron chi connectivity index (χ3n) is 5.43. The Bertz CT molecular complexity index is 1040. The van der Waals surface area contributed by atoms with E-state index in [1.807, 2.05) is 24.3 Å². The number of hydrogen-bond acceptors (Lipinski definition) is 6. The first-order valence-electron chi connectivity index (χ1n) is 9.96. The molecule has 4 rings (SSSR count). The highest BCUT2D eigenvalue weighted by Crippen LogP contribution is 2.38. The summed E-state index contributed by atoms with van der Waals surface area (Å²) in [5, 5.41) is 4.13. The molecule has 1 amide bonds. The van der Waals surface area contributed by atoms with Gasteiger partial charge < -0.3 is 18.9 Å². The SMILES string of the molecule is COc1ccc(N2CC(c3nc(-c4ccc(C(C)C)cc4)no3)CC2=O)c(OC)c1. The van der Waals surface area contributed by atoms with Gasteiger partial charge in [-0.15, -0.1) is 0 Å². The molecular formula is C23H25N3O4. The van der Waals surface area contributed by atoms with E-state index in [2.05, 4.69) is 36.1 Å². The highest BCUT2D eigenvalue weighted by molar-refractivity contribution is 5.97. The fourth-order valence-electron chi connectivity index (χ4n) is 3.65. The first-order valence-corrected chi connectivity index (χ1v) is 9.96. The number of rotatable bonds is 6. The number of carbonyl (C=O) groups excluding carboxylic acids is 1. The van der Waals surface area contributed by atoms with Gasteiger partial charge >= 0.3 is 0 Å². The van der Waals surface area contributed by atoms with Crippen molar-refractivity contribution in [2.24, 2.45) is 0 Å². The Hall–Kier alpha value is -3.35. The van der Waals surface area contributed by atoms with Crippen molar-refractivity contribution in [1.82, 2.24) is 10.1 Å². The maximum absolute atomic E-state index is 12.7. The molecule has 30 heavy (non-hydrogen) atoms. The van der Waals surface area contributed by atoms with Crippen LogP contribution in [0.2, 0.25) is 0 Å². The molecule has 1 aliphatic rings. The minimum absolute atomic E-state index is 0.00972. The Balaban J connectivity index is 1.54. The Labute approximate surface area is 175 Å². The lowest BCUT2D eigenvalue weighted by atomic mass is 10.0. The monoisotopic (exact) mass is 407 g/mol. The number of aromatic nitrogens is 2. The largest absolute Gasteiger partial charge is 0.497 e. The summed E-state index contributed by atoms with van der Waals surface area (Å²) in [6.45, 7) is 4.76. The van der Waals surface area contributed by atoms with E-state index in [4.69, 9.17) is 14.0 Å². The molecule has 0 aliphatic carbocycles. The third-order valence-corrected chi connectivity index (χ3v) is 5.43. The molecule has 7 heteroatoms. The molecule has 0 spiro atoms. The number of benzene rings is 2. The Kier molecular flexibility index (Phi) is 5.44. The van der Waals surface area contributed by atoms with Crippen molar-refractivity contribution in [2.45, 2.75) is 32.1 Å². The second-order valence-corrected chi connectivity index (χ2v) is 7.68. The summed E-state index contributed by atoms with van der Waals surface area (Å²) in [5.41, 5.74) is 2.86. The number of ether oxygens (including phenoxy) is 2. The molecule has 0 radical (unpaired) electrons. The maximum atomic E-state index is 12.7. The van der Waals surface area contributed by atoms with Crippen molar-refractivity contribution < 1.29 is 18.8 Å².